The Balaban J connectivity index is 2.42. The number of methoxy groups -OCH3 is 2. The molecule has 0 amide bonds. The first-order valence-corrected chi connectivity index (χ1v) is 7.37. The predicted molar refractivity (Wildman–Crippen MR) is 87.8 cm³/mol. The highest BCUT2D eigenvalue weighted by Crippen LogP contribution is 2.34. The van der Waals surface area contributed by atoms with Crippen LogP contribution in [0.5, 0.6) is 11.5 Å². The van der Waals surface area contributed by atoms with Crippen molar-refractivity contribution in [2.75, 3.05) is 14.2 Å². The molecule has 0 aliphatic heterocycles. The summed E-state index contributed by atoms with van der Waals surface area (Å²) in [5.74, 6) is 1.21. The summed E-state index contributed by atoms with van der Waals surface area (Å²) in [5, 5.41) is 11.1. The summed E-state index contributed by atoms with van der Waals surface area (Å²) in [4.78, 5) is 0. The highest BCUT2D eigenvalue weighted by molar-refractivity contribution is 14.1. The Morgan fingerprint density at radius 3 is 2.40 bits per heavy atom. The second-order valence-electron chi connectivity index (χ2n) is 4.18. The Hall–Kier alpha value is -0.980. The lowest BCUT2D eigenvalue weighted by atomic mass is 10.0. The van der Waals surface area contributed by atoms with E-state index in [0.717, 1.165) is 14.7 Å². The third-order valence-electron chi connectivity index (χ3n) is 2.98. The molecule has 5 heteroatoms. The predicted octanol–water partition coefficient (Wildman–Crippen LogP) is 4.04. The number of halogens is 2. The fraction of sp³-hybridized carbons (Fsp3) is 0.200. The van der Waals surface area contributed by atoms with Crippen LogP contribution in [0.25, 0.3) is 0 Å². The van der Waals surface area contributed by atoms with Crippen molar-refractivity contribution in [2.24, 2.45) is 0 Å². The van der Waals surface area contributed by atoms with Gasteiger partial charge >= 0.3 is 0 Å². The van der Waals surface area contributed by atoms with E-state index in [0.29, 0.717) is 16.5 Å². The number of ether oxygens (including phenoxy) is 2. The van der Waals surface area contributed by atoms with Crippen molar-refractivity contribution in [3.8, 4) is 11.5 Å². The van der Waals surface area contributed by atoms with Crippen LogP contribution in [-0.2, 0) is 0 Å². The number of hydrogen-bond donors (Lipinski definition) is 1. The molecule has 2 rings (SSSR count). The van der Waals surface area contributed by atoms with E-state index in [2.05, 4.69) is 22.6 Å². The Bertz CT molecular complexity index is 616. The minimum atomic E-state index is -0.764. The lowest BCUT2D eigenvalue weighted by Crippen LogP contribution is -2.03. The first-order chi connectivity index (χ1) is 9.56. The van der Waals surface area contributed by atoms with Gasteiger partial charge in [-0.05, 0) is 64.0 Å². The van der Waals surface area contributed by atoms with Gasteiger partial charge < -0.3 is 14.6 Å². The minimum absolute atomic E-state index is 0.584. The summed E-state index contributed by atoms with van der Waals surface area (Å²) in [5.41, 5.74) is 1.49. The van der Waals surface area contributed by atoms with Crippen LogP contribution in [0, 0.1) is 3.57 Å². The molecule has 20 heavy (non-hydrogen) atoms. The number of benzene rings is 2. The summed E-state index contributed by atoms with van der Waals surface area (Å²) in [6.07, 6.45) is -0.764. The van der Waals surface area contributed by atoms with Gasteiger partial charge in [-0.1, -0.05) is 17.7 Å². The molecule has 1 atom stereocenters. The molecule has 0 bridgehead atoms. The molecule has 0 spiro atoms. The molecular formula is C15H14ClIO3. The van der Waals surface area contributed by atoms with Crippen molar-refractivity contribution in [3.05, 3.63) is 56.1 Å². The standard InChI is InChI=1S/C15H14ClIO3/c1-19-13-6-3-9(7-14(13)20-2)15(18)11-8-10(16)4-5-12(11)17/h3-8,15,18H,1-2H3. The van der Waals surface area contributed by atoms with Gasteiger partial charge in [0.1, 0.15) is 6.10 Å². The number of hydrogen-bond acceptors (Lipinski definition) is 3. The van der Waals surface area contributed by atoms with Gasteiger partial charge in [0.2, 0.25) is 0 Å². The second-order valence-corrected chi connectivity index (χ2v) is 5.78. The van der Waals surface area contributed by atoms with Crippen molar-refractivity contribution in [1.82, 2.24) is 0 Å². The van der Waals surface area contributed by atoms with Crippen LogP contribution in [0.3, 0.4) is 0 Å². The summed E-state index contributed by atoms with van der Waals surface area (Å²) in [7, 11) is 3.14. The Morgan fingerprint density at radius 2 is 1.75 bits per heavy atom. The smallest absolute Gasteiger partial charge is 0.161 e. The van der Waals surface area contributed by atoms with Crippen molar-refractivity contribution in [3.63, 3.8) is 0 Å². The average molecular weight is 405 g/mol. The molecule has 1 N–H and O–H groups in total. The van der Waals surface area contributed by atoms with Crippen LogP contribution in [0.4, 0.5) is 0 Å². The van der Waals surface area contributed by atoms with Gasteiger partial charge in [-0.15, -0.1) is 0 Å². The molecule has 0 aliphatic rings. The Kier molecular flexibility index (Phi) is 5.12. The topological polar surface area (TPSA) is 38.7 Å². The maximum absolute atomic E-state index is 10.5. The third-order valence-corrected chi connectivity index (χ3v) is 4.19. The zero-order valence-corrected chi connectivity index (χ0v) is 14.0. The highest BCUT2D eigenvalue weighted by atomic mass is 127. The molecule has 0 radical (unpaired) electrons. The van der Waals surface area contributed by atoms with Crippen LogP contribution in [0.15, 0.2) is 36.4 Å². The quantitative estimate of drug-likeness (QED) is 0.782. The molecule has 0 saturated heterocycles. The van der Waals surface area contributed by atoms with E-state index < -0.39 is 6.10 Å². The molecule has 3 nitrogen and oxygen atoms in total. The maximum Gasteiger partial charge on any atom is 0.161 e. The number of rotatable bonds is 4. The lowest BCUT2D eigenvalue weighted by molar-refractivity contribution is 0.218. The van der Waals surface area contributed by atoms with Crippen molar-refractivity contribution in [1.29, 1.82) is 0 Å². The monoisotopic (exact) mass is 404 g/mol. The van der Waals surface area contributed by atoms with Crippen molar-refractivity contribution < 1.29 is 14.6 Å². The van der Waals surface area contributed by atoms with E-state index in [1.54, 1.807) is 38.5 Å². The fourth-order valence-corrected chi connectivity index (χ4v) is 2.74. The molecule has 2 aromatic rings. The zero-order valence-electron chi connectivity index (χ0n) is 11.1. The summed E-state index contributed by atoms with van der Waals surface area (Å²) >= 11 is 8.17. The van der Waals surface area contributed by atoms with Gasteiger partial charge in [0.15, 0.2) is 11.5 Å². The largest absolute Gasteiger partial charge is 0.493 e. The normalized spacial score (nSPS) is 12.1. The van der Waals surface area contributed by atoms with E-state index in [9.17, 15) is 5.11 Å². The Morgan fingerprint density at radius 1 is 1.05 bits per heavy atom. The van der Waals surface area contributed by atoms with E-state index in [1.807, 2.05) is 12.1 Å². The molecule has 2 aromatic carbocycles. The summed E-state index contributed by atoms with van der Waals surface area (Å²) in [6, 6.07) is 10.8. The first-order valence-electron chi connectivity index (χ1n) is 5.91. The van der Waals surface area contributed by atoms with Crippen LogP contribution in [0.1, 0.15) is 17.2 Å². The van der Waals surface area contributed by atoms with Crippen molar-refractivity contribution in [2.45, 2.75) is 6.10 Å². The van der Waals surface area contributed by atoms with Gasteiger partial charge in [-0.2, -0.15) is 0 Å². The lowest BCUT2D eigenvalue weighted by Gasteiger charge is -2.16. The van der Waals surface area contributed by atoms with Gasteiger partial charge in [-0.25, -0.2) is 0 Å². The van der Waals surface area contributed by atoms with Gasteiger partial charge in [0.05, 0.1) is 14.2 Å². The van der Waals surface area contributed by atoms with E-state index >= 15 is 0 Å². The molecule has 106 valence electrons. The SMILES string of the molecule is COc1ccc(C(O)c2cc(Cl)ccc2I)cc1OC. The Labute approximate surface area is 136 Å². The van der Waals surface area contributed by atoms with Crippen LogP contribution in [0.2, 0.25) is 5.02 Å². The molecule has 1 unspecified atom stereocenters. The third kappa shape index (κ3) is 3.19. The van der Waals surface area contributed by atoms with E-state index in [1.165, 1.54) is 0 Å². The minimum Gasteiger partial charge on any atom is -0.493 e. The molecule has 0 fully saturated rings. The van der Waals surface area contributed by atoms with E-state index in [-0.39, 0.29) is 0 Å². The molecule has 0 aliphatic carbocycles. The van der Waals surface area contributed by atoms with Gasteiger partial charge in [-0.3, -0.25) is 0 Å². The number of aliphatic hydroxyl groups is 1. The van der Waals surface area contributed by atoms with Crippen LogP contribution < -0.4 is 9.47 Å². The van der Waals surface area contributed by atoms with Crippen LogP contribution >= 0.6 is 34.2 Å². The summed E-state index contributed by atoms with van der Waals surface area (Å²) < 4.78 is 11.4. The highest BCUT2D eigenvalue weighted by Gasteiger charge is 2.16. The average Bonchev–Trinajstić information content (AvgIpc) is 2.48. The summed E-state index contributed by atoms with van der Waals surface area (Å²) in [6.45, 7) is 0. The zero-order chi connectivity index (χ0) is 14.7. The second kappa shape index (κ2) is 6.65. The van der Waals surface area contributed by atoms with Gasteiger partial charge in [0, 0.05) is 8.59 Å². The molecule has 0 aromatic heterocycles. The van der Waals surface area contributed by atoms with Gasteiger partial charge in [0.25, 0.3) is 0 Å². The molecular weight excluding hydrogens is 391 g/mol. The van der Waals surface area contributed by atoms with Crippen molar-refractivity contribution >= 4 is 34.2 Å². The fourth-order valence-electron chi connectivity index (χ4n) is 1.93. The maximum atomic E-state index is 10.5. The molecule has 0 saturated carbocycles. The van der Waals surface area contributed by atoms with E-state index in [4.69, 9.17) is 21.1 Å². The first kappa shape index (κ1) is 15.4. The van der Waals surface area contributed by atoms with Crippen LogP contribution in [-0.4, -0.2) is 19.3 Å². The molecule has 0 heterocycles. The number of aliphatic hydroxyl groups excluding tert-OH is 1.